The fourth-order valence-electron chi connectivity index (χ4n) is 2.09. The van der Waals surface area contributed by atoms with Crippen molar-refractivity contribution in [1.82, 2.24) is 0 Å². The molecule has 0 amide bonds. The number of hydrogen-bond donors (Lipinski definition) is 11. The number of benzene rings is 2. The molecule has 11 heteroatoms. The molecule has 0 unspecified atom stereocenters. The smallest absolute Gasteiger partial charge is 0.0897 e. The minimum Gasteiger partial charge on any atom is -0.395 e. The van der Waals surface area contributed by atoms with E-state index in [1.165, 1.54) is 0 Å². The first-order valence-electron chi connectivity index (χ1n) is 6.39. The van der Waals surface area contributed by atoms with Gasteiger partial charge < -0.3 is 62.7 Å². The van der Waals surface area contributed by atoms with E-state index in [0.29, 0.717) is 0 Å². The minimum absolute atomic E-state index is 0.0766. The lowest BCUT2D eigenvalue weighted by atomic mass is 10.1. The van der Waals surface area contributed by atoms with Crippen molar-refractivity contribution in [2.75, 3.05) is 62.7 Å². The lowest BCUT2D eigenvalue weighted by Crippen LogP contribution is -2.14. The van der Waals surface area contributed by atoms with Crippen LogP contribution in [0.2, 0.25) is 0 Å². The lowest BCUT2D eigenvalue weighted by Gasteiger charge is -2.22. The molecule has 11 nitrogen and oxygen atoms in total. The predicted molar refractivity (Wildman–Crippen MR) is 100 cm³/mol. The Morgan fingerprint density at radius 2 is 0.478 bits per heavy atom. The summed E-state index contributed by atoms with van der Waals surface area (Å²) >= 11 is 0. The van der Waals surface area contributed by atoms with Crippen molar-refractivity contribution < 1.29 is 0 Å². The third kappa shape index (κ3) is 2.07. The van der Waals surface area contributed by atoms with Gasteiger partial charge in [-0.1, -0.05) is 0 Å². The van der Waals surface area contributed by atoms with Crippen molar-refractivity contribution in [2.24, 2.45) is 0 Å². The summed E-state index contributed by atoms with van der Waals surface area (Å²) in [6.07, 6.45) is 0. The van der Waals surface area contributed by atoms with Gasteiger partial charge in [0, 0.05) is 0 Å². The largest absolute Gasteiger partial charge is 0.395 e. The van der Waals surface area contributed by atoms with Crippen LogP contribution in [0.1, 0.15) is 0 Å². The second kappa shape index (κ2) is 4.91. The maximum absolute atomic E-state index is 5.94. The summed E-state index contributed by atoms with van der Waals surface area (Å²) in [6.45, 7) is 0. The van der Waals surface area contributed by atoms with Crippen molar-refractivity contribution >= 4 is 68.2 Å². The maximum Gasteiger partial charge on any atom is 0.0897 e. The summed E-state index contributed by atoms with van der Waals surface area (Å²) in [5.41, 5.74) is 59.6. The van der Waals surface area contributed by atoms with Crippen LogP contribution in [0, 0.1) is 0 Å². The highest BCUT2D eigenvalue weighted by Crippen LogP contribution is 2.48. The molecule has 0 heterocycles. The second-order valence-electron chi connectivity index (χ2n) is 5.01. The van der Waals surface area contributed by atoms with Crippen molar-refractivity contribution in [3.05, 3.63) is 0 Å². The average molecular weight is 319 g/mol. The normalized spacial score (nSPS) is 10.6. The minimum atomic E-state index is 0.0766. The zero-order valence-electron chi connectivity index (χ0n) is 12.3. The summed E-state index contributed by atoms with van der Waals surface area (Å²) < 4.78 is 0. The van der Waals surface area contributed by atoms with Crippen LogP contribution in [0.3, 0.4) is 0 Å². The van der Waals surface area contributed by atoms with Gasteiger partial charge in [0.25, 0.3) is 0 Å². The number of hydrogen-bond acceptors (Lipinski definition) is 11. The quantitative estimate of drug-likeness (QED) is 0.306. The summed E-state index contributed by atoms with van der Waals surface area (Å²) in [6, 6.07) is 0. The summed E-state index contributed by atoms with van der Waals surface area (Å²) in [4.78, 5) is 0. The first-order valence-corrected chi connectivity index (χ1v) is 6.39. The fourth-order valence-corrected chi connectivity index (χ4v) is 2.09. The first-order chi connectivity index (χ1) is 10.6. The van der Waals surface area contributed by atoms with Crippen LogP contribution in [0.4, 0.5) is 68.2 Å². The van der Waals surface area contributed by atoms with E-state index in [1.807, 2.05) is 0 Å². The van der Waals surface area contributed by atoms with Crippen molar-refractivity contribution in [1.29, 1.82) is 0 Å². The second-order valence-corrected chi connectivity index (χ2v) is 5.01. The summed E-state index contributed by atoms with van der Waals surface area (Å²) in [7, 11) is 0. The molecule has 124 valence electrons. The van der Waals surface area contributed by atoms with Gasteiger partial charge in [-0.15, -0.1) is 0 Å². The molecule has 0 aliphatic rings. The third-order valence-corrected chi connectivity index (χ3v) is 3.65. The first kappa shape index (κ1) is 15.6. The van der Waals surface area contributed by atoms with E-state index >= 15 is 0 Å². The molecule has 0 radical (unpaired) electrons. The van der Waals surface area contributed by atoms with E-state index < -0.39 is 0 Å². The zero-order valence-corrected chi connectivity index (χ0v) is 12.3. The molecule has 0 atom stereocenters. The van der Waals surface area contributed by atoms with Crippen LogP contribution < -0.4 is 62.7 Å². The molecule has 0 spiro atoms. The zero-order chi connectivity index (χ0) is 17.6. The van der Waals surface area contributed by atoms with E-state index in [-0.39, 0.29) is 68.2 Å². The Labute approximate surface area is 131 Å². The van der Waals surface area contributed by atoms with E-state index in [2.05, 4.69) is 5.32 Å². The molecule has 2 rings (SSSR count). The molecule has 0 saturated carbocycles. The number of nitrogens with two attached hydrogens (primary N) is 10. The lowest BCUT2D eigenvalue weighted by molar-refractivity contribution is 1.53. The Hall–Kier alpha value is -3.76. The van der Waals surface area contributed by atoms with E-state index in [9.17, 15) is 0 Å². The van der Waals surface area contributed by atoms with Gasteiger partial charge in [0.15, 0.2) is 0 Å². The fraction of sp³-hybridized carbons (Fsp3) is 0. The highest BCUT2D eigenvalue weighted by molar-refractivity contribution is 6.09. The number of nitrogens with one attached hydrogen (secondary N) is 1. The van der Waals surface area contributed by atoms with Crippen molar-refractivity contribution in [3.8, 4) is 0 Å². The average Bonchev–Trinajstić information content (AvgIpc) is 2.54. The van der Waals surface area contributed by atoms with E-state index in [4.69, 9.17) is 57.3 Å². The standard InChI is InChI=1S/C12H21N11/c13-1-3(15)7(19)11(8(20)4(1)16)23-12-9(21)5(17)2(14)6(18)10(12)22/h23H,13-22H2. The molecule has 0 aliphatic carbocycles. The molecule has 0 saturated heterocycles. The molecule has 0 bridgehead atoms. The van der Waals surface area contributed by atoms with Crippen LogP contribution in [0.15, 0.2) is 0 Å². The highest BCUT2D eigenvalue weighted by atomic mass is 15.0. The number of nitrogen functional groups attached to an aromatic ring is 10. The highest BCUT2D eigenvalue weighted by Gasteiger charge is 2.21. The van der Waals surface area contributed by atoms with Crippen LogP contribution >= 0.6 is 0 Å². The van der Waals surface area contributed by atoms with Gasteiger partial charge in [-0.05, 0) is 0 Å². The molecule has 23 heavy (non-hydrogen) atoms. The predicted octanol–water partition coefficient (Wildman–Crippen LogP) is -0.748. The Kier molecular flexibility index (Phi) is 3.33. The van der Waals surface area contributed by atoms with Crippen LogP contribution in [0.5, 0.6) is 0 Å². The van der Waals surface area contributed by atoms with Crippen LogP contribution in [-0.4, -0.2) is 0 Å². The molecule has 0 aliphatic heterocycles. The van der Waals surface area contributed by atoms with Crippen molar-refractivity contribution in [2.45, 2.75) is 0 Å². The SMILES string of the molecule is Nc1c(N)c(N)c(Nc2c(N)c(N)c(N)c(N)c2N)c(N)c1N. The van der Waals surface area contributed by atoms with Crippen LogP contribution in [-0.2, 0) is 0 Å². The third-order valence-electron chi connectivity index (χ3n) is 3.65. The Morgan fingerprint density at radius 3 is 0.696 bits per heavy atom. The van der Waals surface area contributed by atoms with Gasteiger partial charge in [0.1, 0.15) is 0 Å². The van der Waals surface area contributed by atoms with E-state index in [0.717, 1.165) is 0 Å². The topological polar surface area (TPSA) is 272 Å². The maximum atomic E-state index is 5.94. The van der Waals surface area contributed by atoms with Gasteiger partial charge in [-0.25, -0.2) is 0 Å². The summed E-state index contributed by atoms with van der Waals surface area (Å²) in [5, 5.41) is 2.86. The molecule has 21 N–H and O–H groups in total. The molecular formula is C12H21N11. The summed E-state index contributed by atoms with van der Waals surface area (Å²) in [5.74, 6) is 0. The Morgan fingerprint density at radius 1 is 0.304 bits per heavy atom. The molecule has 0 fully saturated rings. The molecule has 2 aromatic rings. The molecular weight excluding hydrogens is 298 g/mol. The Bertz CT molecular complexity index is 686. The molecule has 2 aromatic carbocycles. The van der Waals surface area contributed by atoms with Gasteiger partial charge in [0.05, 0.1) is 68.2 Å². The van der Waals surface area contributed by atoms with Crippen molar-refractivity contribution in [3.63, 3.8) is 0 Å². The van der Waals surface area contributed by atoms with E-state index in [1.54, 1.807) is 0 Å². The van der Waals surface area contributed by atoms with Crippen LogP contribution in [0.25, 0.3) is 0 Å². The monoisotopic (exact) mass is 319 g/mol. The van der Waals surface area contributed by atoms with Gasteiger partial charge >= 0.3 is 0 Å². The number of rotatable bonds is 2. The van der Waals surface area contributed by atoms with Gasteiger partial charge in [-0.3, -0.25) is 0 Å². The van der Waals surface area contributed by atoms with Gasteiger partial charge in [-0.2, -0.15) is 0 Å². The number of anilines is 12. The van der Waals surface area contributed by atoms with Gasteiger partial charge in [0.2, 0.25) is 0 Å². The molecule has 0 aromatic heterocycles. The Balaban J connectivity index is 2.71.